The van der Waals surface area contributed by atoms with E-state index in [1.54, 1.807) is 0 Å². The molecule has 3 heteroatoms. The van der Waals surface area contributed by atoms with E-state index in [-0.39, 0.29) is 5.92 Å². The van der Waals surface area contributed by atoms with Gasteiger partial charge in [0.2, 0.25) is 0 Å². The molecule has 0 aliphatic heterocycles. The van der Waals surface area contributed by atoms with Gasteiger partial charge >= 0.3 is 0 Å². The topological polar surface area (TPSA) is 30.3 Å². The number of anilines is 3. The van der Waals surface area contributed by atoms with Gasteiger partial charge in [-0.25, -0.2) is 0 Å². The summed E-state index contributed by atoms with van der Waals surface area (Å²) in [5.41, 5.74) is 10.5. The van der Waals surface area contributed by atoms with Gasteiger partial charge in [0, 0.05) is 47.8 Å². The molecule has 0 fully saturated rings. The molecule has 0 N–H and O–H groups in total. The molecule has 1 atom stereocenters. The van der Waals surface area contributed by atoms with Crippen molar-refractivity contribution in [2.75, 3.05) is 16.8 Å². The van der Waals surface area contributed by atoms with Crippen LogP contribution in [0.3, 0.4) is 0 Å². The van der Waals surface area contributed by atoms with E-state index in [4.69, 9.17) is 5.26 Å². The predicted octanol–water partition coefficient (Wildman–Crippen LogP) is 10.3. The molecule has 0 aromatic heterocycles. The second-order valence-corrected chi connectivity index (χ2v) is 10.7. The lowest BCUT2D eigenvalue weighted by atomic mass is 10.0. The molecule has 0 amide bonds. The zero-order valence-corrected chi connectivity index (χ0v) is 24.6. The van der Waals surface area contributed by atoms with E-state index < -0.39 is 0 Å². The molecule has 3 nitrogen and oxygen atoms in total. The van der Waals surface area contributed by atoms with Crippen LogP contribution < -0.4 is 9.80 Å². The fourth-order valence-corrected chi connectivity index (χ4v) is 5.08. The Kier molecular flexibility index (Phi) is 9.17. The summed E-state index contributed by atoms with van der Waals surface area (Å²) < 4.78 is 0. The van der Waals surface area contributed by atoms with Crippen molar-refractivity contribution in [1.82, 2.24) is 0 Å². The average molecular weight is 548 g/mol. The first-order chi connectivity index (χ1) is 20.5. The number of hydrogen-bond donors (Lipinski definition) is 0. The molecule has 5 rings (SSSR count). The third-order valence-corrected chi connectivity index (χ3v) is 7.72. The average Bonchev–Trinajstić information content (AvgIpc) is 3.31. The third-order valence-electron chi connectivity index (χ3n) is 7.72. The van der Waals surface area contributed by atoms with Gasteiger partial charge in [-0.15, -0.1) is 0 Å². The van der Waals surface area contributed by atoms with Gasteiger partial charge in [0.1, 0.15) is 0 Å². The highest BCUT2D eigenvalue weighted by molar-refractivity contribution is 5.79. The van der Waals surface area contributed by atoms with Crippen LogP contribution >= 0.6 is 0 Å². The Bertz CT molecular complexity index is 1640. The first-order valence-electron chi connectivity index (χ1n) is 14.5. The van der Waals surface area contributed by atoms with Crippen molar-refractivity contribution in [3.8, 4) is 17.2 Å². The summed E-state index contributed by atoms with van der Waals surface area (Å²) in [6.07, 6.45) is 12.7. The number of allylic oxidation sites excluding steroid dienone is 7. The Labute approximate surface area is 250 Å². The lowest BCUT2D eigenvalue weighted by Gasteiger charge is -2.27. The van der Waals surface area contributed by atoms with Crippen molar-refractivity contribution in [3.05, 3.63) is 157 Å². The molecule has 0 saturated carbocycles. The van der Waals surface area contributed by atoms with Crippen LogP contribution in [0.15, 0.2) is 151 Å². The Morgan fingerprint density at radius 1 is 0.762 bits per heavy atom. The third kappa shape index (κ3) is 6.79. The lowest BCUT2D eigenvalue weighted by Crippen LogP contribution is -2.15. The normalized spacial score (nSPS) is 13.8. The van der Waals surface area contributed by atoms with Crippen molar-refractivity contribution in [2.45, 2.75) is 26.7 Å². The van der Waals surface area contributed by atoms with E-state index >= 15 is 0 Å². The molecule has 1 unspecified atom stereocenters. The van der Waals surface area contributed by atoms with Crippen LogP contribution in [0.5, 0.6) is 0 Å². The standard InChI is InChI=1S/C39H37N3/c1-30(29-40)17-18-31(2)41(3)36-24-19-35(20-25-36)33-13-10-16-38(26-21-33)42(37-14-8-5-9-15-37)39-27-22-34(23-28-39)32-11-6-4-7-12-32/h4-15,18-28,30H,16-17H2,1-3H3/b31-18+. The number of nitriles is 1. The van der Waals surface area contributed by atoms with Crippen molar-refractivity contribution in [3.63, 3.8) is 0 Å². The molecule has 208 valence electrons. The number of hydrogen-bond acceptors (Lipinski definition) is 3. The van der Waals surface area contributed by atoms with Crippen LogP contribution in [-0.2, 0) is 0 Å². The summed E-state index contributed by atoms with van der Waals surface area (Å²) in [5, 5.41) is 9.08. The highest BCUT2D eigenvalue weighted by atomic mass is 15.1. The molecule has 0 heterocycles. The van der Waals surface area contributed by atoms with E-state index in [2.05, 4.69) is 169 Å². The maximum Gasteiger partial charge on any atom is 0.0656 e. The van der Waals surface area contributed by atoms with Gasteiger partial charge in [-0.05, 0) is 85.0 Å². The highest BCUT2D eigenvalue weighted by Gasteiger charge is 2.15. The minimum Gasteiger partial charge on any atom is -0.349 e. The second-order valence-electron chi connectivity index (χ2n) is 10.7. The summed E-state index contributed by atoms with van der Waals surface area (Å²) in [4.78, 5) is 4.52. The van der Waals surface area contributed by atoms with Gasteiger partial charge in [-0.3, -0.25) is 0 Å². The zero-order chi connectivity index (χ0) is 29.3. The molecule has 1 aliphatic rings. The number of para-hydroxylation sites is 1. The van der Waals surface area contributed by atoms with Crippen molar-refractivity contribution >= 4 is 22.6 Å². The van der Waals surface area contributed by atoms with E-state index in [0.717, 1.165) is 35.6 Å². The summed E-state index contributed by atoms with van der Waals surface area (Å²) in [6, 6.07) is 40.9. The second kappa shape index (κ2) is 13.5. The maximum absolute atomic E-state index is 9.08. The van der Waals surface area contributed by atoms with Crippen molar-refractivity contribution in [2.24, 2.45) is 5.92 Å². The first-order valence-corrected chi connectivity index (χ1v) is 14.5. The minimum absolute atomic E-state index is 0.0223. The first kappa shape index (κ1) is 28.5. The van der Waals surface area contributed by atoms with E-state index in [0.29, 0.717) is 0 Å². The highest BCUT2D eigenvalue weighted by Crippen LogP contribution is 2.34. The van der Waals surface area contributed by atoms with Gasteiger partial charge in [0.15, 0.2) is 0 Å². The molecular formula is C39H37N3. The largest absolute Gasteiger partial charge is 0.349 e. The molecular weight excluding hydrogens is 510 g/mol. The van der Waals surface area contributed by atoms with Crippen LogP contribution in [-0.4, -0.2) is 7.05 Å². The molecule has 1 aliphatic carbocycles. The Morgan fingerprint density at radius 3 is 2.00 bits per heavy atom. The molecule has 0 spiro atoms. The lowest BCUT2D eigenvalue weighted by molar-refractivity contribution is 0.754. The summed E-state index contributed by atoms with van der Waals surface area (Å²) >= 11 is 0. The SMILES string of the molecule is C/C(=C\CC(C)C#N)N(C)c1ccc(C2=CC=C(N(c3ccccc3)c3ccc(-c4ccccc4)cc3)CC=C2)cc1. The monoisotopic (exact) mass is 547 g/mol. The van der Waals surface area contributed by atoms with Gasteiger partial charge in [-0.2, -0.15) is 5.26 Å². The number of benzene rings is 4. The Hall–Kier alpha value is -5.07. The summed E-state index contributed by atoms with van der Waals surface area (Å²) in [6.45, 7) is 4.04. The van der Waals surface area contributed by atoms with E-state index in [1.807, 2.05) is 6.92 Å². The van der Waals surface area contributed by atoms with E-state index in [9.17, 15) is 0 Å². The molecule has 0 saturated heterocycles. The van der Waals surface area contributed by atoms with Crippen LogP contribution in [0.2, 0.25) is 0 Å². The fourth-order valence-electron chi connectivity index (χ4n) is 5.08. The van der Waals surface area contributed by atoms with Gasteiger partial charge in [-0.1, -0.05) is 97.1 Å². The quantitative estimate of drug-likeness (QED) is 0.209. The fraction of sp³-hybridized carbons (Fsp3) is 0.154. The van der Waals surface area contributed by atoms with Crippen molar-refractivity contribution in [1.29, 1.82) is 5.26 Å². The number of rotatable bonds is 9. The molecule has 4 aromatic rings. The van der Waals surface area contributed by atoms with E-state index in [1.165, 1.54) is 28.0 Å². The van der Waals surface area contributed by atoms with Crippen LogP contribution in [0.25, 0.3) is 16.7 Å². The molecule has 0 radical (unpaired) electrons. The van der Waals surface area contributed by atoms with Crippen molar-refractivity contribution < 1.29 is 0 Å². The smallest absolute Gasteiger partial charge is 0.0656 e. The summed E-state index contributed by atoms with van der Waals surface area (Å²) in [7, 11) is 2.07. The molecule has 0 bridgehead atoms. The Balaban J connectivity index is 1.40. The maximum atomic E-state index is 9.08. The zero-order valence-electron chi connectivity index (χ0n) is 24.6. The minimum atomic E-state index is 0.0223. The van der Waals surface area contributed by atoms with Crippen LogP contribution in [0.1, 0.15) is 32.3 Å². The van der Waals surface area contributed by atoms with Crippen LogP contribution in [0, 0.1) is 17.2 Å². The van der Waals surface area contributed by atoms with Crippen LogP contribution in [0.4, 0.5) is 17.1 Å². The predicted molar refractivity (Wildman–Crippen MR) is 178 cm³/mol. The van der Waals surface area contributed by atoms with Gasteiger partial charge in [0.05, 0.1) is 6.07 Å². The molecule has 42 heavy (non-hydrogen) atoms. The van der Waals surface area contributed by atoms with Gasteiger partial charge in [0.25, 0.3) is 0 Å². The molecule has 4 aromatic carbocycles. The van der Waals surface area contributed by atoms with Gasteiger partial charge < -0.3 is 9.80 Å². The number of nitrogens with zero attached hydrogens (tertiary/aromatic N) is 3. The summed E-state index contributed by atoms with van der Waals surface area (Å²) in [5.74, 6) is 0.0223. The Morgan fingerprint density at radius 2 is 1.33 bits per heavy atom.